The zero-order valence-electron chi connectivity index (χ0n) is 9.61. The van der Waals surface area contributed by atoms with Crippen molar-refractivity contribution in [2.24, 2.45) is 5.84 Å². The van der Waals surface area contributed by atoms with Gasteiger partial charge >= 0.3 is 0 Å². The Kier molecular flexibility index (Phi) is 2.93. The molecule has 2 heterocycles. The van der Waals surface area contributed by atoms with Crippen LogP contribution in [0.3, 0.4) is 0 Å². The molecule has 16 heavy (non-hydrogen) atoms. The molecule has 0 saturated carbocycles. The van der Waals surface area contributed by atoms with E-state index in [1.807, 2.05) is 7.05 Å². The maximum Gasteiger partial charge on any atom is 0.240 e. The van der Waals surface area contributed by atoms with Crippen LogP contribution in [0.25, 0.3) is 10.2 Å². The maximum absolute atomic E-state index is 5.37. The number of anilines is 2. The Labute approximate surface area is 98.3 Å². The monoisotopic (exact) mass is 237 g/mol. The summed E-state index contributed by atoms with van der Waals surface area (Å²) in [7, 11) is 2.01. The average molecular weight is 237 g/mol. The molecule has 0 fully saturated rings. The smallest absolute Gasteiger partial charge is 0.240 e. The van der Waals surface area contributed by atoms with Gasteiger partial charge in [-0.05, 0) is 19.9 Å². The predicted molar refractivity (Wildman–Crippen MR) is 68.9 cm³/mol. The molecule has 0 unspecified atom stereocenters. The van der Waals surface area contributed by atoms with Gasteiger partial charge in [0.2, 0.25) is 5.95 Å². The lowest BCUT2D eigenvalue weighted by Gasteiger charge is -2.16. The molecule has 2 aromatic heterocycles. The van der Waals surface area contributed by atoms with Crippen molar-refractivity contribution in [1.82, 2.24) is 9.97 Å². The first-order valence-electron chi connectivity index (χ1n) is 5.11. The number of nitrogens with zero attached hydrogens (tertiary/aromatic N) is 3. The Hall–Kier alpha value is -1.40. The minimum absolute atomic E-state index is 0.463. The fourth-order valence-electron chi connectivity index (χ4n) is 1.53. The highest BCUT2D eigenvalue weighted by atomic mass is 32.1. The van der Waals surface area contributed by atoms with Crippen LogP contribution in [0.1, 0.15) is 11.8 Å². The fraction of sp³-hybridized carbons (Fsp3) is 0.400. The van der Waals surface area contributed by atoms with E-state index in [0.29, 0.717) is 5.95 Å². The van der Waals surface area contributed by atoms with Crippen LogP contribution >= 0.6 is 11.3 Å². The second-order valence-electron chi connectivity index (χ2n) is 3.61. The number of rotatable bonds is 3. The molecule has 0 aliphatic rings. The van der Waals surface area contributed by atoms with E-state index in [2.05, 4.69) is 40.2 Å². The summed E-state index contributed by atoms with van der Waals surface area (Å²) in [4.78, 5) is 13.0. The molecule has 0 aromatic carbocycles. The Morgan fingerprint density at radius 2 is 2.25 bits per heavy atom. The molecule has 0 atom stereocenters. The van der Waals surface area contributed by atoms with Gasteiger partial charge in [-0.1, -0.05) is 0 Å². The second kappa shape index (κ2) is 4.23. The van der Waals surface area contributed by atoms with Gasteiger partial charge in [-0.2, -0.15) is 4.98 Å². The Morgan fingerprint density at radius 3 is 2.88 bits per heavy atom. The van der Waals surface area contributed by atoms with Crippen molar-refractivity contribution < 1.29 is 0 Å². The molecule has 2 aromatic rings. The molecule has 0 spiro atoms. The summed E-state index contributed by atoms with van der Waals surface area (Å²) in [5, 5.41) is 1.09. The third-order valence-corrected chi connectivity index (χ3v) is 3.41. The largest absolute Gasteiger partial charge is 0.359 e. The Balaban J connectivity index is 2.67. The quantitative estimate of drug-likeness (QED) is 0.628. The molecular formula is C10H15N5S. The SMILES string of the molecule is CCN(C)c1nc(NN)nc2sc(C)cc12. The molecule has 0 radical (unpaired) electrons. The summed E-state index contributed by atoms with van der Waals surface area (Å²) in [5.41, 5.74) is 2.51. The summed E-state index contributed by atoms with van der Waals surface area (Å²) >= 11 is 1.65. The first-order chi connectivity index (χ1) is 7.65. The van der Waals surface area contributed by atoms with Crippen molar-refractivity contribution in [1.29, 1.82) is 0 Å². The minimum Gasteiger partial charge on any atom is -0.359 e. The molecule has 0 aliphatic heterocycles. The average Bonchev–Trinajstić information content (AvgIpc) is 2.66. The van der Waals surface area contributed by atoms with Crippen molar-refractivity contribution in [3.05, 3.63) is 10.9 Å². The normalized spacial score (nSPS) is 10.8. The third-order valence-electron chi connectivity index (χ3n) is 2.46. The fourth-order valence-corrected chi connectivity index (χ4v) is 2.41. The van der Waals surface area contributed by atoms with Crippen molar-refractivity contribution in [3.63, 3.8) is 0 Å². The van der Waals surface area contributed by atoms with E-state index in [9.17, 15) is 0 Å². The Morgan fingerprint density at radius 1 is 1.50 bits per heavy atom. The van der Waals surface area contributed by atoms with E-state index in [-0.39, 0.29) is 0 Å². The molecule has 6 heteroatoms. The molecule has 5 nitrogen and oxygen atoms in total. The van der Waals surface area contributed by atoms with Crippen LogP contribution in [0.4, 0.5) is 11.8 Å². The first-order valence-corrected chi connectivity index (χ1v) is 5.93. The van der Waals surface area contributed by atoms with Gasteiger partial charge in [0.1, 0.15) is 10.6 Å². The van der Waals surface area contributed by atoms with Gasteiger partial charge in [0.05, 0.1) is 5.39 Å². The molecule has 0 aliphatic carbocycles. The van der Waals surface area contributed by atoms with E-state index in [1.165, 1.54) is 4.88 Å². The number of aromatic nitrogens is 2. The van der Waals surface area contributed by atoms with Crippen LogP contribution in [0.15, 0.2) is 6.07 Å². The number of hydrazine groups is 1. The molecule has 2 rings (SSSR count). The van der Waals surface area contributed by atoms with Crippen LogP contribution in [-0.2, 0) is 0 Å². The third kappa shape index (κ3) is 1.81. The van der Waals surface area contributed by atoms with Gasteiger partial charge in [0.15, 0.2) is 0 Å². The van der Waals surface area contributed by atoms with Crippen molar-refractivity contribution in [2.75, 3.05) is 23.9 Å². The summed E-state index contributed by atoms with van der Waals surface area (Å²) in [6.07, 6.45) is 0. The summed E-state index contributed by atoms with van der Waals surface area (Å²) in [5.74, 6) is 6.75. The highest BCUT2D eigenvalue weighted by Crippen LogP contribution is 2.30. The highest BCUT2D eigenvalue weighted by Gasteiger charge is 2.12. The van der Waals surface area contributed by atoms with Crippen LogP contribution < -0.4 is 16.2 Å². The minimum atomic E-state index is 0.463. The Bertz CT molecular complexity index is 507. The second-order valence-corrected chi connectivity index (χ2v) is 4.84. The molecular weight excluding hydrogens is 222 g/mol. The lowest BCUT2D eigenvalue weighted by molar-refractivity contribution is 0.940. The topological polar surface area (TPSA) is 67.1 Å². The van der Waals surface area contributed by atoms with E-state index in [0.717, 1.165) is 22.6 Å². The number of fused-ring (bicyclic) bond motifs is 1. The lowest BCUT2D eigenvalue weighted by atomic mass is 10.3. The van der Waals surface area contributed by atoms with Crippen LogP contribution in [0.5, 0.6) is 0 Å². The van der Waals surface area contributed by atoms with Gasteiger partial charge in [0.25, 0.3) is 0 Å². The van der Waals surface area contributed by atoms with Crippen LogP contribution in [-0.4, -0.2) is 23.6 Å². The van der Waals surface area contributed by atoms with Gasteiger partial charge in [-0.25, -0.2) is 10.8 Å². The van der Waals surface area contributed by atoms with Gasteiger partial charge < -0.3 is 4.90 Å². The number of hydrogen-bond donors (Lipinski definition) is 2. The van der Waals surface area contributed by atoms with Crippen LogP contribution in [0.2, 0.25) is 0 Å². The maximum atomic E-state index is 5.37. The number of nitrogen functional groups attached to an aromatic ring is 1. The van der Waals surface area contributed by atoms with Gasteiger partial charge in [-0.15, -0.1) is 11.3 Å². The summed E-state index contributed by atoms with van der Waals surface area (Å²) in [6, 6.07) is 2.11. The summed E-state index contributed by atoms with van der Waals surface area (Å²) < 4.78 is 0. The molecule has 0 saturated heterocycles. The number of thiophene rings is 1. The van der Waals surface area contributed by atoms with Crippen LogP contribution in [0, 0.1) is 6.92 Å². The van der Waals surface area contributed by atoms with E-state index in [1.54, 1.807) is 11.3 Å². The van der Waals surface area contributed by atoms with E-state index in [4.69, 9.17) is 5.84 Å². The number of hydrogen-bond acceptors (Lipinski definition) is 6. The standard InChI is InChI=1S/C10H15N5S/c1-4-15(3)8-7-5-6(2)16-9(7)13-10(12-8)14-11/h5H,4,11H2,1-3H3,(H,12,13,14). The van der Waals surface area contributed by atoms with Crippen molar-refractivity contribution in [2.45, 2.75) is 13.8 Å². The number of nitrogens with two attached hydrogens (primary N) is 1. The predicted octanol–water partition coefficient (Wildman–Crippen LogP) is 1.74. The number of aryl methyl sites for hydroxylation is 1. The molecule has 0 bridgehead atoms. The highest BCUT2D eigenvalue weighted by molar-refractivity contribution is 7.18. The van der Waals surface area contributed by atoms with Gasteiger partial charge in [-0.3, -0.25) is 5.43 Å². The van der Waals surface area contributed by atoms with Crippen molar-refractivity contribution in [3.8, 4) is 0 Å². The van der Waals surface area contributed by atoms with Gasteiger partial charge in [0, 0.05) is 18.5 Å². The lowest BCUT2D eigenvalue weighted by Crippen LogP contribution is -2.19. The molecule has 86 valence electrons. The zero-order chi connectivity index (χ0) is 11.7. The first kappa shape index (κ1) is 11.1. The van der Waals surface area contributed by atoms with Crippen molar-refractivity contribution >= 4 is 33.3 Å². The van der Waals surface area contributed by atoms with E-state index >= 15 is 0 Å². The zero-order valence-corrected chi connectivity index (χ0v) is 10.4. The molecule has 3 N–H and O–H groups in total. The summed E-state index contributed by atoms with van der Waals surface area (Å²) in [6.45, 7) is 5.05. The number of nitrogens with one attached hydrogen (secondary N) is 1. The molecule has 0 amide bonds. The van der Waals surface area contributed by atoms with E-state index < -0.39 is 0 Å².